The molecule has 0 saturated carbocycles. The third-order valence-electron chi connectivity index (χ3n) is 3.65. The zero-order valence-corrected chi connectivity index (χ0v) is 16.2. The quantitative estimate of drug-likeness (QED) is 0.639. The lowest BCUT2D eigenvalue weighted by molar-refractivity contribution is 0.0695. The SMILES string of the molecule is COC(=O)NCc1nc(C)c(-c2csc(-c3c(F)cc(C(=O)O)cc3F)n2)s1. The number of nitrogens with one attached hydrogen (secondary N) is 1. The van der Waals surface area contributed by atoms with Gasteiger partial charge in [-0.1, -0.05) is 0 Å². The number of halogens is 2. The van der Waals surface area contributed by atoms with Gasteiger partial charge in [-0.05, 0) is 19.1 Å². The summed E-state index contributed by atoms with van der Waals surface area (Å²) in [4.78, 5) is 31.4. The summed E-state index contributed by atoms with van der Waals surface area (Å²) in [6, 6.07) is 1.52. The van der Waals surface area contributed by atoms with Crippen LogP contribution in [0.1, 0.15) is 21.1 Å². The van der Waals surface area contributed by atoms with Crippen molar-refractivity contribution in [1.29, 1.82) is 0 Å². The number of aromatic nitrogens is 2. The Labute approximate surface area is 165 Å². The molecule has 0 radical (unpaired) electrons. The van der Waals surface area contributed by atoms with Crippen molar-refractivity contribution in [2.75, 3.05) is 7.11 Å². The third-order valence-corrected chi connectivity index (χ3v) is 5.69. The van der Waals surface area contributed by atoms with E-state index in [2.05, 4.69) is 20.0 Å². The van der Waals surface area contributed by atoms with Gasteiger partial charge in [0.25, 0.3) is 0 Å². The molecular weight excluding hydrogens is 412 g/mol. The van der Waals surface area contributed by atoms with Crippen LogP contribution in [0, 0.1) is 18.6 Å². The number of alkyl carbamates (subject to hydrolysis) is 1. The molecular formula is C17H13F2N3O4S2. The second-order valence-corrected chi connectivity index (χ2v) is 7.47. The van der Waals surface area contributed by atoms with Gasteiger partial charge in [0, 0.05) is 5.38 Å². The maximum Gasteiger partial charge on any atom is 0.407 e. The number of amides is 1. The molecule has 3 aromatic rings. The maximum atomic E-state index is 14.3. The number of rotatable bonds is 5. The highest BCUT2D eigenvalue weighted by molar-refractivity contribution is 7.16. The molecule has 0 bridgehead atoms. The third kappa shape index (κ3) is 3.99. The van der Waals surface area contributed by atoms with Gasteiger partial charge in [-0.15, -0.1) is 22.7 Å². The molecule has 0 aliphatic rings. The van der Waals surface area contributed by atoms with Crippen LogP contribution in [-0.4, -0.2) is 34.2 Å². The molecule has 146 valence electrons. The Hall–Kier alpha value is -2.92. The van der Waals surface area contributed by atoms with Crippen molar-refractivity contribution in [2.45, 2.75) is 13.5 Å². The molecule has 2 heterocycles. The second-order valence-electron chi connectivity index (χ2n) is 5.53. The van der Waals surface area contributed by atoms with Gasteiger partial charge in [0.1, 0.15) is 21.6 Å². The molecule has 1 aromatic carbocycles. The largest absolute Gasteiger partial charge is 0.478 e. The van der Waals surface area contributed by atoms with Crippen LogP contribution >= 0.6 is 22.7 Å². The number of benzene rings is 1. The fourth-order valence-electron chi connectivity index (χ4n) is 2.38. The number of thiazole rings is 2. The zero-order valence-electron chi connectivity index (χ0n) is 14.6. The summed E-state index contributed by atoms with van der Waals surface area (Å²) in [6.07, 6.45) is -0.582. The number of hydrogen-bond acceptors (Lipinski definition) is 7. The summed E-state index contributed by atoms with van der Waals surface area (Å²) in [5.74, 6) is -3.41. The molecule has 1 amide bonds. The Morgan fingerprint density at radius 2 is 1.93 bits per heavy atom. The number of aryl methyl sites for hydroxylation is 1. The minimum Gasteiger partial charge on any atom is -0.478 e. The topological polar surface area (TPSA) is 101 Å². The molecule has 0 atom stereocenters. The van der Waals surface area contributed by atoms with Crippen molar-refractivity contribution < 1.29 is 28.2 Å². The van der Waals surface area contributed by atoms with Gasteiger partial charge in [0.2, 0.25) is 0 Å². The Balaban J connectivity index is 1.90. The molecule has 2 N–H and O–H groups in total. The zero-order chi connectivity index (χ0) is 20.4. The van der Waals surface area contributed by atoms with E-state index in [1.54, 1.807) is 12.3 Å². The first-order chi connectivity index (χ1) is 13.3. The fourth-order valence-corrected chi connectivity index (χ4v) is 4.28. The smallest absolute Gasteiger partial charge is 0.407 e. The molecule has 0 unspecified atom stereocenters. The number of ether oxygens (including phenoxy) is 1. The summed E-state index contributed by atoms with van der Waals surface area (Å²) >= 11 is 2.32. The van der Waals surface area contributed by atoms with Crippen LogP contribution < -0.4 is 5.32 Å². The highest BCUT2D eigenvalue weighted by Crippen LogP contribution is 2.36. The number of methoxy groups -OCH3 is 1. The predicted molar refractivity (Wildman–Crippen MR) is 99.5 cm³/mol. The summed E-state index contributed by atoms with van der Waals surface area (Å²) in [6.45, 7) is 1.93. The standard InChI is InChI=1S/C17H13F2N3O4S2/c1-7-14(28-12(21-7)5-20-17(25)26-2)11-6-27-15(22-11)13-9(18)3-8(16(23)24)4-10(13)19/h3-4,6H,5H2,1-2H3,(H,20,25)(H,23,24). The van der Waals surface area contributed by atoms with Crippen molar-refractivity contribution in [2.24, 2.45) is 0 Å². The van der Waals surface area contributed by atoms with Crippen LogP contribution in [0.25, 0.3) is 21.1 Å². The van der Waals surface area contributed by atoms with E-state index in [9.17, 15) is 18.4 Å². The van der Waals surface area contributed by atoms with E-state index in [-0.39, 0.29) is 17.1 Å². The molecule has 0 aliphatic heterocycles. The Bertz CT molecular complexity index is 1040. The van der Waals surface area contributed by atoms with E-state index >= 15 is 0 Å². The lowest BCUT2D eigenvalue weighted by Gasteiger charge is -2.03. The van der Waals surface area contributed by atoms with Crippen molar-refractivity contribution in [3.63, 3.8) is 0 Å². The van der Waals surface area contributed by atoms with Crippen LogP contribution in [0.3, 0.4) is 0 Å². The van der Waals surface area contributed by atoms with Crippen molar-refractivity contribution >= 4 is 34.7 Å². The molecule has 2 aromatic heterocycles. The lowest BCUT2D eigenvalue weighted by Crippen LogP contribution is -2.22. The van der Waals surface area contributed by atoms with Gasteiger partial charge in [0.15, 0.2) is 0 Å². The molecule has 11 heteroatoms. The Morgan fingerprint density at radius 1 is 1.25 bits per heavy atom. The first-order valence-electron chi connectivity index (χ1n) is 7.77. The maximum absolute atomic E-state index is 14.3. The molecule has 28 heavy (non-hydrogen) atoms. The minimum atomic E-state index is -1.42. The van der Waals surface area contributed by atoms with Crippen LogP contribution in [0.5, 0.6) is 0 Å². The van der Waals surface area contributed by atoms with Crippen molar-refractivity contribution in [1.82, 2.24) is 15.3 Å². The summed E-state index contributed by atoms with van der Waals surface area (Å²) in [7, 11) is 1.26. The van der Waals surface area contributed by atoms with Gasteiger partial charge < -0.3 is 15.2 Å². The van der Waals surface area contributed by atoms with Crippen molar-refractivity contribution in [3.05, 3.63) is 45.4 Å². The van der Waals surface area contributed by atoms with Crippen LogP contribution in [-0.2, 0) is 11.3 Å². The van der Waals surface area contributed by atoms with E-state index in [0.717, 1.165) is 23.5 Å². The normalized spacial score (nSPS) is 10.7. The van der Waals surface area contributed by atoms with Crippen molar-refractivity contribution in [3.8, 4) is 21.1 Å². The summed E-state index contributed by atoms with van der Waals surface area (Å²) in [5.41, 5.74) is 0.290. The number of aromatic carboxylic acids is 1. The van der Waals surface area contributed by atoms with E-state index in [1.807, 2.05) is 0 Å². The second kappa shape index (κ2) is 7.98. The van der Waals surface area contributed by atoms with E-state index < -0.39 is 29.3 Å². The van der Waals surface area contributed by atoms with Gasteiger partial charge in [-0.2, -0.15) is 0 Å². The van der Waals surface area contributed by atoms with Gasteiger partial charge in [0.05, 0.1) is 41.0 Å². The monoisotopic (exact) mass is 425 g/mol. The molecule has 0 aliphatic carbocycles. The number of hydrogen-bond donors (Lipinski definition) is 2. The van der Waals surface area contributed by atoms with Gasteiger partial charge in [-0.25, -0.2) is 28.3 Å². The average molecular weight is 425 g/mol. The average Bonchev–Trinajstić information content (AvgIpc) is 3.25. The molecule has 0 fully saturated rings. The highest BCUT2D eigenvalue weighted by atomic mass is 32.1. The summed E-state index contributed by atoms with van der Waals surface area (Å²) in [5, 5.41) is 13.8. The van der Waals surface area contributed by atoms with Gasteiger partial charge in [-0.3, -0.25) is 0 Å². The van der Waals surface area contributed by atoms with Crippen LogP contribution in [0.2, 0.25) is 0 Å². The first-order valence-corrected chi connectivity index (χ1v) is 9.46. The van der Waals surface area contributed by atoms with Crippen LogP contribution in [0.4, 0.5) is 13.6 Å². The first kappa shape index (κ1) is 19.8. The number of nitrogens with zero attached hydrogens (tertiary/aromatic N) is 2. The van der Waals surface area contributed by atoms with E-state index in [0.29, 0.717) is 21.3 Å². The number of carbonyl (C=O) groups excluding carboxylic acids is 1. The fraction of sp³-hybridized carbons (Fsp3) is 0.176. The van der Waals surface area contributed by atoms with Crippen LogP contribution in [0.15, 0.2) is 17.5 Å². The van der Waals surface area contributed by atoms with E-state index in [4.69, 9.17) is 5.11 Å². The Kier molecular flexibility index (Phi) is 5.66. The number of carboxylic acid groups (broad SMARTS) is 1. The molecule has 0 saturated heterocycles. The van der Waals surface area contributed by atoms with E-state index in [1.165, 1.54) is 18.4 Å². The van der Waals surface area contributed by atoms with Gasteiger partial charge >= 0.3 is 12.1 Å². The number of carbonyl (C=O) groups is 2. The molecule has 7 nitrogen and oxygen atoms in total. The highest BCUT2D eigenvalue weighted by Gasteiger charge is 2.20. The Morgan fingerprint density at radius 3 is 2.54 bits per heavy atom. The molecule has 0 spiro atoms. The summed E-state index contributed by atoms with van der Waals surface area (Å²) < 4.78 is 33.0. The number of carboxylic acids is 1. The molecule has 3 rings (SSSR count). The predicted octanol–water partition coefficient (Wildman–Crippen LogP) is 4.07. The minimum absolute atomic E-state index is 0.0870. The lowest BCUT2D eigenvalue weighted by atomic mass is 10.1.